The summed E-state index contributed by atoms with van der Waals surface area (Å²) >= 11 is 0. The molecule has 0 fully saturated rings. The Kier molecular flexibility index (Phi) is 1.05. The van der Waals surface area contributed by atoms with Crippen molar-refractivity contribution in [1.82, 2.24) is 0 Å². The van der Waals surface area contributed by atoms with Gasteiger partial charge in [0.1, 0.15) is 6.07 Å². The molecule has 0 saturated heterocycles. The average Bonchev–Trinajstić information content (AvgIpc) is 2.14. The third-order valence-electron chi connectivity index (χ3n) is 0.841. The average molecular weight is 107 g/mol. The Balaban J connectivity index is 3.05. The molecule has 0 atom stereocenters. The van der Waals surface area contributed by atoms with E-state index in [4.69, 9.17) is 9.68 Å². The summed E-state index contributed by atoms with van der Waals surface area (Å²) in [5, 5.41) is 8.21. The molecule has 0 unspecified atom stereocenters. The van der Waals surface area contributed by atoms with Gasteiger partial charge in [0.25, 0.3) is 0 Å². The molecule has 1 aromatic heterocycles. The Morgan fingerprint density at radius 3 is 2.75 bits per heavy atom. The maximum atomic E-state index is 8.21. The van der Waals surface area contributed by atoms with Gasteiger partial charge in [-0.3, -0.25) is 0 Å². The predicted molar refractivity (Wildman–Crippen MR) is 28.2 cm³/mol. The van der Waals surface area contributed by atoms with Crippen LogP contribution in [0.15, 0.2) is 16.7 Å². The monoisotopic (exact) mass is 107 g/mol. The number of nitrogens with zero attached hydrogens (tertiary/aromatic N) is 1. The van der Waals surface area contributed by atoms with E-state index in [1.807, 2.05) is 13.0 Å². The minimum absolute atomic E-state index is 0.377. The van der Waals surface area contributed by atoms with Crippen molar-refractivity contribution < 1.29 is 4.42 Å². The maximum Gasteiger partial charge on any atom is 0.203 e. The summed E-state index contributed by atoms with van der Waals surface area (Å²) in [5.41, 5.74) is 0.988. The minimum atomic E-state index is 0.377. The van der Waals surface area contributed by atoms with E-state index in [1.165, 1.54) is 0 Å². The first-order valence-corrected chi connectivity index (χ1v) is 2.28. The highest BCUT2D eigenvalue weighted by Gasteiger charge is 1.91. The van der Waals surface area contributed by atoms with E-state index in [1.54, 1.807) is 12.3 Å². The van der Waals surface area contributed by atoms with Crippen LogP contribution >= 0.6 is 0 Å². The van der Waals surface area contributed by atoms with Crippen LogP contribution in [0.4, 0.5) is 0 Å². The van der Waals surface area contributed by atoms with Gasteiger partial charge in [0.2, 0.25) is 5.76 Å². The zero-order valence-corrected chi connectivity index (χ0v) is 4.51. The number of hydrogen-bond donors (Lipinski definition) is 0. The van der Waals surface area contributed by atoms with Gasteiger partial charge in [0.05, 0.1) is 6.26 Å². The number of nitriles is 1. The molecule has 0 aliphatic heterocycles. The van der Waals surface area contributed by atoms with E-state index in [2.05, 4.69) is 0 Å². The third kappa shape index (κ3) is 0.710. The summed E-state index contributed by atoms with van der Waals surface area (Å²) in [6.07, 6.45) is 1.55. The Labute approximate surface area is 47.3 Å². The van der Waals surface area contributed by atoms with Crippen molar-refractivity contribution in [3.63, 3.8) is 0 Å². The molecule has 8 heavy (non-hydrogen) atoms. The molecular formula is C6H5NO. The zero-order chi connectivity index (χ0) is 5.98. The van der Waals surface area contributed by atoms with Gasteiger partial charge in [-0.15, -0.1) is 0 Å². The second-order valence-electron chi connectivity index (χ2n) is 1.60. The zero-order valence-electron chi connectivity index (χ0n) is 4.51. The topological polar surface area (TPSA) is 36.9 Å². The highest BCUT2D eigenvalue weighted by Crippen LogP contribution is 2.02. The fourth-order valence-corrected chi connectivity index (χ4v) is 0.490. The molecule has 1 aromatic rings. The van der Waals surface area contributed by atoms with E-state index in [0.717, 1.165) is 5.56 Å². The Hall–Kier alpha value is -1.23. The standard InChI is InChI=1S/C6H5NO/c1-5-2-6(3-7)8-4-5/h2,4H,1H3. The number of furan rings is 1. The molecule has 1 heterocycles. The quantitative estimate of drug-likeness (QED) is 0.503. The maximum absolute atomic E-state index is 8.21. The molecule has 2 heteroatoms. The van der Waals surface area contributed by atoms with Crippen LogP contribution in [0.2, 0.25) is 0 Å². The molecule has 40 valence electrons. The molecule has 0 bridgehead atoms. The molecule has 2 nitrogen and oxygen atoms in total. The minimum Gasteiger partial charge on any atom is -0.454 e. The second kappa shape index (κ2) is 1.71. The first kappa shape index (κ1) is 4.92. The van der Waals surface area contributed by atoms with E-state index in [0.29, 0.717) is 5.76 Å². The van der Waals surface area contributed by atoms with Gasteiger partial charge in [0, 0.05) is 0 Å². The molecule has 0 radical (unpaired) electrons. The van der Waals surface area contributed by atoms with Crippen molar-refractivity contribution in [2.24, 2.45) is 0 Å². The van der Waals surface area contributed by atoms with Crippen LogP contribution in [0.3, 0.4) is 0 Å². The van der Waals surface area contributed by atoms with Crippen LogP contribution in [-0.4, -0.2) is 0 Å². The fourth-order valence-electron chi connectivity index (χ4n) is 0.490. The molecule has 0 spiro atoms. The van der Waals surface area contributed by atoms with Crippen LogP contribution in [0.25, 0.3) is 0 Å². The van der Waals surface area contributed by atoms with Crippen molar-refractivity contribution in [1.29, 1.82) is 5.26 Å². The van der Waals surface area contributed by atoms with Crippen molar-refractivity contribution in [2.75, 3.05) is 0 Å². The highest BCUT2D eigenvalue weighted by molar-refractivity contribution is 5.21. The van der Waals surface area contributed by atoms with E-state index >= 15 is 0 Å². The van der Waals surface area contributed by atoms with Crippen molar-refractivity contribution >= 4 is 0 Å². The normalized spacial score (nSPS) is 8.50. The molecular weight excluding hydrogens is 102 g/mol. The van der Waals surface area contributed by atoms with Crippen molar-refractivity contribution in [2.45, 2.75) is 6.92 Å². The molecule has 0 aliphatic carbocycles. The molecule has 0 aliphatic rings. The van der Waals surface area contributed by atoms with Gasteiger partial charge in [-0.2, -0.15) is 5.26 Å². The second-order valence-corrected chi connectivity index (χ2v) is 1.60. The molecule has 0 aromatic carbocycles. The lowest BCUT2D eigenvalue weighted by Gasteiger charge is -1.66. The number of hydrogen-bond acceptors (Lipinski definition) is 2. The molecule has 0 amide bonds. The lowest BCUT2D eigenvalue weighted by molar-refractivity contribution is 0.551. The summed E-state index contributed by atoms with van der Waals surface area (Å²) in [5.74, 6) is 0.377. The molecule has 0 saturated carbocycles. The van der Waals surface area contributed by atoms with E-state index < -0.39 is 0 Å². The highest BCUT2D eigenvalue weighted by atomic mass is 16.3. The largest absolute Gasteiger partial charge is 0.454 e. The number of aryl methyl sites for hydroxylation is 1. The van der Waals surface area contributed by atoms with Crippen LogP contribution in [0.1, 0.15) is 11.3 Å². The van der Waals surface area contributed by atoms with Crippen LogP contribution in [0.5, 0.6) is 0 Å². The molecule has 0 N–H and O–H groups in total. The SMILES string of the molecule is Cc1coc(C#N)c1. The van der Waals surface area contributed by atoms with Gasteiger partial charge in [-0.25, -0.2) is 0 Å². The van der Waals surface area contributed by atoms with Gasteiger partial charge >= 0.3 is 0 Å². The van der Waals surface area contributed by atoms with Gasteiger partial charge < -0.3 is 4.42 Å². The lowest BCUT2D eigenvalue weighted by atomic mass is 10.3. The summed E-state index contributed by atoms with van der Waals surface area (Å²) in [6.45, 7) is 1.88. The first-order chi connectivity index (χ1) is 3.83. The van der Waals surface area contributed by atoms with Crippen molar-refractivity contribution in [3.8, 4) is 6.07 Å². The van der Waals surface area contributed by atoms with Gasteiger partial charge in [-0.1, -0.05) is 0 Å². The summed E-state index contributed by atoms with van der Waals surface area (Å²) in [4.78, 5) is 0. The summed E-state index contributed by atoms with van der Waals surface area (Å²) < 4.78 is 4.75. The summed E-state index contributed by atoms with van der Waals surface area (Å²) in [6, 6.07) is 3.58. The third-order valence-corrected chi connectivity index (χ3v) is 0.841. The summed E-state index contributed by atoms with van der Waals surface area (Å²) in [7, 11) is 0. The molecule has 1 rings (SSSR count). The predicted octanol–water partition coefficient (Wildman–Crippen LogP) is 1.46. The Morgan fingerprint density at radius 2 is 2.50 bits per heavy atom. The smallest absolute Gasteiger partial charge is 0.203 e. The first-order valence-electron chi connectivity index (χ1n) is 2.28. The van der Waals surface area contributed by atoms with E-state index in [-0.39, 0.29) is 0 Å². The Morgan fingerprint density at radius 1 is 1.75 bits per heavy atom. The fraction of sp³-hybridized carbons (Fsp3) is 0.167. The number of rotatable bonds is 0. The van der Waals surface area contributed by atoms with Crippen LogP contribution in [-0.2, 0) is 0 Å². The Bertz CT molecular complexity index is 219. The van der Waals surface area contributed by atoms with Crippen molar-refractivity contribution in [3.05, 3.63) is 23.7 Å². The lowest BCUT2D eigenvalue weighted by Crippen LogP contribution is -1.57. The van der Waals surface area contributed by atoms with Crippen LogP contribution in [0, 0.1) is 18.3 Å². The van der Waals surface area contributed by atoms with Gasteiger partial charge in [-0.05, 0) is 18.6 Å². The van der Waals surface area contributed by atoms with Gasteiger partial charge in [0.15, 0.2) is 0 Å². The van der Waals surface area contributed by atoms with E-state index in [9.17, 15) is 0 Å². The van der Waals surface area contributed by atoms with Crippen LogP contribution < -0.4 is 0 Å².